The average Bonchev–Trinajstić information content (AvgIpc) is 2.31. The van der Waals surface area contributed by atoms with Gasteiger partial charge in [-0.15, -0.1) is 0 Å². The third-order valence-electron chi connectivity index (χ3n) is 2.17. The molecule has 1 amide bonds. The van der Waals surface area contributed by atoms with Crippen LogP contribution >= 0.6 is 0 Å². The van der Waals surface area contributed by atoms with Crippen molar-refractivity contribution in [1.82, 2.24) is 5.48 Å². The molecule has 0 aliphatic rings. The molecule has 4 N–H and O–H groups in total. The molecule has 0 atom stereocenters. The Bertz CT molecular complexity index is 301. The number of benzene rings is 1. The van der Waals surface area contributed by atoms with E-state index in [1.54, 1.807) is 0 Å². The normalized spacial score (nSPS) is 10.1. The highest BCUT2D eigenvalue weighted by atomic mass is 16.6. The highest BCUT2D eigenvalue weighted by Crippen LogP contribution is 1.99. The van der Waals surface area contributed by atoms with Gasteiger partial charge in [0.05, 0.1) is 13.2 Å². The molecule has 0 radical (unpaired) electrons. The van der Waals surface area contributed by atoms with Crippen LogP contribution in [-0.2, 0) is 16.2 Å². The standard InChI is InChI=1S/C12H18N2O2/c13-9-5-4-8-12(15)14-16-10-11-6-2-1-3-7-11/h1-3,6-7H,4-5,8-10,13H2,(H,14,15)/p+1. The van der Waals surface area contributed by atoms with E-state index in [1.807, 2.05) is 30.3 Å². The maximum atomic E-state index is 11.3. The lowest BCUT2D eigenvalue weighted by atomic mass is 10.2. The first-order valence-electron chi connectivity index (χ1n) is 5.56. The molecule has 88 valence electrons. The lowest BCUT2D eigenvalue weighted by Crippen LogP contribution is -2.50. The van der Waals surface area contributed by atoms with Crippen LogP contribution in [0, 0.1) is 0 Å². The average molecular weight is 223 g/mol. The van der Waals surface area contributed by atoms with E-state index in [0.717, 1.165) is 24.9 Å². The number of rotatable bonds is 7. The van der Waals surface area contributed by atoms with Crippen molar-refractivity contribution < 1.29 is 15.4 Å². The first kappa shape index (κ1) is 12.7. The topological polar surface area (TPSA) is 66.0 Å². The van der Waals surface area contributed by atoms with Crippen molar-refractivity contribution in [3.8, 4) is 0 Å². The lowest BCUT2D eigenvalue weighted by molar-refractivity contribution is -0.368. The van der Waals surface area contributed by atoms with Gasteiger partial charge in [-0.2, -0.15) is 0 Å². The summed E-state index contributed by atoms with van der Waals surface area (Å²) in [6.07, 6.45) is 2.35. The van der Waals surface area contributed by atoms with Crippen LogP contribution in [0.1, 0.15) is 24.8 Å². The summed E-state index contributed by atoms with van der Waals surface area (Å²) >= 11 is 0. The Kier molecular flexibility index (Phi) is 6.22. The molecular formula is C12H19N2O2+. The van der Waals surface area contributed by atoms with E-state index < -0.39 is 0 Å². The summed E-state index contributed by atoms with van der Waals surface area (Å²) < 4.78 is 0. The van der Waals surface area contributed by atoms with Gasteiger partial charge in [-0.1, -0.05) is 30.3 Å². The number of hydrogen-bond donors (Lipinski definition) is 2. The number of hydrogen-bond acceptors (Lipinski definition) is 2. The van der Waals surface area contributed by atoms with Gasteiger partial charge in [-0.3, -0.25) is 9.63 Å². The van der Waals surface area contributed by atoms with Crippen molar-refractivity contribution in [3.63, 3.8) is 0 Å². The van der Waals surface area contributed by atoms with Gasteiger partial charge in [0, 0.05) is 6.42 Å². The summed E-state index contributed by atoms with van der Waals surface area (Å²) in [7, 11) is 0. The number of unbranched alkanes of at least 4 members (excludes halogenated alkanes) is 1. The molecule has 0 saturated carbocycles. The fourth-order valence-corrected chi connectivity index (χ4v) is 1.29. The van der Waals surface area contributed by atoms with Crippen LogP contribution in [0.25, 0.3) is 0 Å². The largest absolute Gasteiger partial charge is 0.358 e. The molecule has 0 fully saturated rings. The first-order valence-corrected chi connectivity index (χ1v) is 5.56. The van der Waals surface area contributed by atoms with Crippen LogP contribution in [0.15, 0.2) is 30.3 Å². The maximum Gasteiger partial charge on any atom is 0.243 e. The molecule has 0 spiro atoms. The lowest BCUT2D eigenvalue weighted by Gasteiger charge is -2.05. The minimum Gasteiger partial charge on any atom is -0.358 e. The van der Waals surface area contributed by atoms with Gasteiger partial charge in [0.1, 0.15) is 0 Å². The summed E-state index contributed by atoms with van der Waals surface area (Å²) in [5.74, 6) is -0.0654. The van der Waals surface area contributed by atoms with Gasteiger partial charge in [-0.05, 0) is 18.4 Å². The second-order valence-electron chi connectivity index (χ2n) is 3.61. The first-order chi connectivity index (χ1) is 7.83. The molecule has 0 unspecified atom stereocenters. The quantitative estimate of drug-likeness (QED) is 0.526. The second-order valence-corrected chi connectivity index (χ2v) is 3.61. The maximum absolute atomic E-state index is 11.3. The highest BCUT2D eigenvalue weighted by Gasteiger charge is 2.00. The zero-order valence-corrected chi connectivity index (χ0v) is 9.45. The minimum absolute atomic E-state index is 0.0654. The van der Waals surface area contributed by atoms with Crippen LogP contribution in [0.3, 0.4) is 0 Å². The number of carbonyl (C=O) groups is 1. The van der Waals surface area contributed by atoms with Crippen molar-refractivity contribution in [1.29, 1.82) is 0 Å². The number of amides is 1. The van der Waals surface area contributed by atoms with Crippen LogP contribution in [0.2, 0.25) is 0 Å². The Labute approximate surface area is 95.7 Å². The SMILES string of the molecule is [NH3+]CCCCC(=O)NOCc1ccccc1. The zero-order valence-electron chi connectivity index (χ0n) is 9.45. The summed E-state index contributed by atoms with van der Waals surface area (Å²) in [5, 5.41) is 0. The molecule has 0 bridgehead atoms. The van der Waals surface area contributed by atoms with Crippen molar-refractivity contribution in [3.05, 3.63) is 35.9 Å². The third-order valence-corrected chi connectivity index (χ3v) is 2.17. The van der Waals surface area contributed by atoms with E-state index in [1.165, 1.54) is 0 Å². The Hall–Kier alpha value is -1.39. The summed E-state index contributed by atoms with van der Waals surface area (Å²) in [6.45, 7) is 1.28. The van der Waals surface area contributed by atoms with Gasteiger partial charge >= 0.3 is 0 Å². The molecule has 0 heterocycles. The van der Waals surface area contributed by atoms with Crippen molar-refractivity contribution in [2.45, 2.75) is 25.9 Å². The summed E-state index contributed by atoms with van der Waals surface area (Å²) in [4.78, 5) is 16.3. The van der Waals surface area contributed by atoms with Gasteiger partial charge in [0.25, 0.3) is 0 Å². The summed E-state index contributed by atoms with van der Waals surface area (Å²) in [5.41, 5.74) is 7.19. The van der Waals surface area contributed by atoms with Crippen LogP contribution in [-0.4, -0.2) is 12.5 Å². The molecule has 4 nitrogen and oxygen atoms in total. The van der Waals surface area contributed by atoms with E-state index in [0.29, 0.717) is 13.0 Å². The molecule has 16 heavy (non-hydrogen) atoms. The number of hydroxylamine groups is 1. The van der Waals surface area contributed by atoms with Crippen LogP contribution in [0.5, 0.6) is 0 Å². The number of carbonyl (C=O) groups excluding carboxylic acids is 1. The monoisotopic (exact) mass is 223 g/mol. The Morgan fingerprint density at radius 1 is 1.25 bits per heavy atom. The van der Waals surface area contributed by atoms with Crippen molar-refractivity contribution in [2.24, 2.45) is 0 Å². The smallest absolute Gasteiger partial charge is 0.243 e. The second kappa shape index (κ2) is 7.84. The van der Waals surface area contributed by atoms with Crippen molar-refractivity contribution >= 4 is 5.91 Å². The molecule has 0 saturated heterocycles. The highest BCUT2D eigenvalue weighted by molar-refractivity contribution is 5.74. The van der Waals surface area contributed by atoms with Gasteiger partial charge in [0.15, 0.2) is 0 Å². The van der Waals surface area contributed by atoms with Crippen molar-refractivity contribution in [2.75, 3.05) is 6.54 Å². The van der Waals surface area contributed by atoms with E-state index >= 15 is 0 Å². The van der Waals surface area contributed by atoms with E-state index in [4.69, 9.17) is 4.84 Å². The fourth-order valence-electron chi connectivity index (χ4n) is 1.29. The van der Waals surface area contributed by atoms with Crippen LogP contribution < -0.4 is 11.2 Å². The van der Waals surface area contributed by atoms with E-state index in [-0.39, 0.29) is 5.91 Å². The molecule has 0 aromatic heterocycles. The van der Waals surface area contributed by atoms with E-state index in [2.05, 4.69) is 11.2 Å². The predicted octanol–water partition coefficient (Wildman–Crippen LogP) is 0.647. The minimum atomic E-state index is -0.0654. The third kappa shape index (κ3) is 5.48. The van der Waals surface area contributed by atoms with Gasteiger partial charge < -0.3 is 5.73 Å². The number of quaternary nitrogens is 1. The predicted molar refractivity (Wildman–Crippen MR) is 61.0 cm³/mol. The molecule has 0 aliphatic carbocycles. The van der Waals surface area contributed by atoms with E-state index in [9.17, 15) is 4.79 Å². The molecule has 1 aromatic rings. The molecule has 0 aliphatic heterocycles. The molecule has 1 rings (SSSR count). The van der Waals surface area contributed by atoms with Gasteiger partial charge in [0.2, 0.25) is 5.91 Å². The molecule has 4 heteroatoms. The molecular weight excluding hydrogens is 204 g/mol. The van der Waals surface area contributed by atoms with Crippen LogP contribution in [0.4, 0.5) is 0 Å². The fraction of sp³-hybridized carbons (Fsp3) is 0.417. The zero-order chi connectivity index (χ0) is 11.6. The Balaban J connectivity index is 2.09. The van der Waals surface area contributed by atoms with Gasteiger partial charge in [-0.25, -0.2) is 5.48 Å². The summed E-state index contributed by atoms with van der Waals surface area (Å²) in [6, 6.07) is 9.73. The Morgan fingerprint density at radius 3 is 2.69 bits per heavy atom. The number of nitrogens with one attached hydrogen (secondary N) is 1. The Morgan fingerprint density at radius 2 is 2.00 bits per heavy atom. The molecule has 1 aromatic carbocycles.